The lowest BCUT2D eigenvalue weighted by Gasteiger charge is -2.09. The van der Waals surface area contributed by atoms with Crippen LogP contribution < -0.4 is 5.32 Å². The van der Waals surface area contributed by atoms with E-state index in [0.29, 0.717) is 23.6 Å². The summed E-state index contributed by atoms with van der Waals surface area (Å²) in [6.45, 7) is 6.28. The Morgan fingerprint density at radius 1 is 1.00 bits per heavy atom. The normalized spacial score (nSPS) is 10.6. The minimum absolute atomic E-state index is 0.171. The molecule has 1 aromatic heterocycles. The second-order valence-corrected chi connectivity index (χ2v) is 5.90. The molecule has 1 heterocycles. The van der Waals surface area contributed by atoms with E-state index >= 15 is 0 Å². The van der Waals surface area contributed by atoms with E-state index in [-0.39, 0.29) is 5.91 Å². The van der Waals surface area contributed by atoms with Crippen molar-refractivity contribution >= 4 is 5.91 Å². The first kappa shape index (κ1) is 16.0. The predicted octanol–water partition coefficient (Wildman–Crippen LogP) is 4.20. The van der Waals surface area contributed by atoms with Crippen LogP contribution in [0.15, 0.2) is 53.1 Å². The largest absolute Gasteiger partial charge is 0.355 e. The maximum Gasteiger partial charge on any atom is 0.257 e. The molecule has 3 rings (SSSR count). The number of nitrogens with one attached hydrogen (secondary N) is 1. The molecule has 4 nitrogen and oxygen atoms in total. The lowest BCUT2D eigenvalue weighted by Crippen LogP contribution is -2.24. The van der Waals surface area contributed by atoms with Crippen molar-refractivity contribution in [2.75, 3.05) is 0 Å². The fraction of sp³-hybridized carbons (Fsp3) is 0.200. The summed E-state index contributed by atoms with van der Waals surface area (Å²) < 4.78 is 5.45. The number of rotatable bonds is 4. The average Bonchev–Trinajstić information content (AvgIpc) is 2.96. The maximum atomic E-state index is 12.7. The van der Waals surface area contributed by atoms with E-state index in [1.807, 2.05) is 62.4 Å². The summed E-state index contributed by atoms with van der Waals surface area (Å²) >= 11 is 0. The zero-order chi connectivity index (χ0) is 17.1. The number of carbonyl (C=O) groups excluding carboxylic acids is 1. The number of amides is 1. The zero-order valence-electron chi connectivity index (χ0n) is 14.1. The quantitative estimate of drug-likeness (QED) is 0.784. The van der Waals surface area contributed by atoms with Crippen molar-refractivity contribution < 1.29 is 9.32 Å². The van der Waals surface area contributed by atoms with Crippen molar-refractivity contribution in [3.63, 3.8) is 0 Å². The van der Waals surface area contributed by atoms with Crippen molar-refractivity contribution in [3.8, 4) is 11.3 Å². The van der Waals surface area contributed by atoms with Gasteiger partial charge in [0.2, 0.25) is 0 Å². The lowest BCUT2D eigenvalue weighted by atomic mass is 10.0. The van der Waals surface area contributed by atoms with Crippen molar-refractivity contribution in [3.05, 3.63) is 76.5 Å². The van der Waals surface area contributed by atoms with Crippen LogP contribution in [0.5, 0.6) is 0 Å². The van der Waals surface area contributed by atoms with E-state index in [4.69, 9.17) is 4.52 Å². The number of nitrogens with zero attached hydrogens (tertiary/aromatic N) is 1. The number of hydrogen-bond donors (Lipinski definition) is 1. The van der Waals surface area contributed by atoms with Gasteiger partial charge in [0.1, 0.15) is 5.56 Å². The van der Waals surface area contributed by atoms with Gasteiger partial charge in [-0.05, 0) is 37.5 Å². The first-order valence-electron chi connectivity index (χ1n) is 7.93. The molecular formula is C20H20N2O2. The molecule has 0 aliphatic rings. The number of aryl methyl sites for hydroxylation is 3. The van der Waals surface area contributed by atoms with Gasteiger partial charge in [-0.15, -0.1) is 0 Å². The van der Waals surface area contributed by atoms with Crippen LogP contribution in [0.4, 0.5) is 0 Å². The second-order valence-electron chi connectivity index (χ2n) is 5.90. The molecule has 1 N–H and O–H groups in total. The SMILES string of the molecule is Cc1ccccc1CNC(=O)c1c(C)noc1-c1ccccc1C. The van der Waals surface area contributed by atoms with Gasteiger partial charge in [-0.3, -0.25) is 4.79 Å². The minimum atomic E-state index is -0.171. The highest BCUT2D eigenvalue weighted by molar-refractivity contribution is 6.00. The third-order valence-corrected chi connectivity index (χ3v) is 4.18. The third kappa shape index (κ3) is 3.08. The Hall–Kier alpha value is -2.88. The van der Waals surface area contributed by atoms with Gasteiger partial charge in [-0.2, -0.15) is 0 Å². The first-order valence-corrected chi connectivity index (χ1v) is 7.93. The molecule has 24 heavy (non-hydrogen) atoms. The summed E-state index contributed by atoms with van der Waals surface area (Å²) in [6, 6.07) is 15.8. The molecule has 0 saturated heterocycles. The second kappa shape index (κ2) is 6.71. The van der Waals surface area contributed by atoms with Crippen molar-refractivity contribution in [2.45, 2.75) is 27.3 Å². The summed E-state index contributed by atoms with van der Waals surface area (Å²) in [5.74, 6) is 0.350. The molecule has 1 amide bonds. The van der Waals surface area contributed by atoms with Crippen LogP contribution >= 0.6 is 0 Å². The van der Waals surface area contributed by atoms with Crippen LogP contribution in [0.2, 0.25) is 0 Å². The van der Waals surface area contributed by atoms with Crippen LogP contribution in [-0.2, 0) is 6.54 Å². The van der Waals surface area contributed by atoms with Crippen molar-refractivity contribution in [1.82, 2.24) is 10.5 Å². The summed E-state index contributed by atoms with van der Waals surface area (Å²) in [5.41, 5.74) is 5.27. The highest BCUT2D eigenvalue weighted by Gasteiger charge is 2.22. The third-order valence-electron chi connectivity index (χ3n) is 4.18. The molecule has 122 valence electrons. The van der Waals surface area contributed by atoms with Crippen molar-refractivity contribution in [2.24, 2.45) is 0 Å². The number of benzene rings is 2. The fourth-order valence-electron chi connectivity index (χ4n) is 2.72. The summed E-state index contributed by atoms with van der Waals surface area (Å²) in [6.07, 6.45) is 0. The molecule has 0 bridgehead atoms. The van der Waals surface area contributed by atoms with E-state index in [0.717, 1.165) is 22.3 Å². The Balaban J connectivity index is 1.87. The highest BCUT2D eigenvalue weighted by atomic mass is 16.5. The van der Waals surface area contributed by atoms with Crippen LogP contribution in [0, 0.1) is 20.8 Å². The lowest BCUT2D eigenvalue weighted by molar-refractivity contribution is 0.0950. The fourth-order valence-corrected chi connectivity index (χ4v) is 2.72. The van der Waals surface area contributed by atoms with Gasteiger partial charge < -0.3 is 9.84 Å². The smallest absolute Gasteiger partial charge is 0.257 e. The molecule has 0 aliphatic heterocycles. The van der Waals surface area contributed by atoms with E-state index in [2.05, 4.69) is 10.5 Å². The van der Waals surface area contributed by atoms with Gasteiger partial charge in [0.05, 0.1) is 5.69 Å². The van der Waals surface area contributed by atoms with Gasteiger partial charge in [0.25, 0.3) is 5.91 Å². The van der Waals surface area contributed by atoms with E-state index in [9.17, 15) is 4.79 Å². The summed E-state index contributed by atoms with van der Waals surface area (Å²) in [5, 5.41) is 6.97. The Bertz CT molecular complexity index is 881. The predicted molar refractivity (Wildman–Crippen MR) is 93.8 cm³/mol. The van der Waals surface area contributed by atoms with E-state index in [1.165, 1.54) is 0 Å². The Labute approximate surface area is 141 Å². The molecular weight excluding hydrogens is 300 g/mol. The zero-order valence-corrected chi connectivity index (χ0v) is 14.1. The van der Waals surface area contributed by atoms with Crippen LogP contribution in [-0.4, -0.2) is 11.1 Å². The van der Waals surface area contributed by atoms with Gasteiger partial charge in [0.15, 0.2) is 5.76 Å². The first-order chi connectivity index (χ1) is 11.6. The van der Waals surface area contributed by atoms with Crippen molar-refractivity contribution in [1.29, 1.82) is 0 Å². The molecule has 3 aromatic rings. The van der Waals surface area contributed by atoms with Gasteiger partial charge in [-0.25, -0.2) is 0 Å². The monoisotopic (exact) mass is 320 g/mol. The Morgan fingerprint density at radius 2 is 1.67 bits per heavy atom. The summed E-state index contributed by atoms with van der Waals surface area (Å²) in [4.78, 5) is 12.7. The molecule has 0 atom stereocenters. The molecule has 0 unspecified atom stereocenters. The van der Waals surface area contributed by atoms with Crippen LogP contribution in [0.3, 0.4) is 0 Å². The van der Waals surface area contributed by atoms with Gasteiger partial charge >= 0.3 is 0 Å². The standard InChI is InChI=1S/C20H20N2O2/c1-13-8-4-6-10-16(13)12-21-20(23)18-15(3)22-24-19(18)17-11-7-5-9-14(17)2/h4-11H,12H2,1-3H3,(H,21,23). The molecule has 0 aliphatic carbocycles. The molecule has 0 fully saturated rings. The van der Waals surface area contributed by atoms with Crippen LogP contribution in [0.1, 0.15) is 32.7 Å². The minimum Gasteiger partial charge on any atom is -0.355 e. The van der Waals surface area contributed by atoms with Crippen LogP contribution in [0.25, 0.3) is 11.3 Å². The molecule has 0 radical (unpaired) electrons. The molecule has 4 heteroatoms. The van der Waals surface area contributed by atoms with E-state index in [1.54, 1.807) is 6.92 Å². The highest BCUT2D eigenvalue weighted by Crippen LogP contribution is 2.28. The number of hydrogen-bond acceptors (Lipinski definition) is 3. The number of aromatic nitrogens is 1. The maximum absolute atomic E-state index is 12.7. The topological polar surface area (TPSA) is 55.1 Å². The molecule has 0 saturated carbocycles. The van der Waals surface area contributed by atoms with Gasteiger partial charge in [0, 0.05) is 12.1 Å². The Kier molecular flexibility index (Phi) is 4.47. The van der Waals surface area contributed by atoms with Gasteiger partial charge in [-0.1, -0.05) is 53.7 Å². The molecule has 0 spiro atoms. The average molecular weight is 320 g/mol. The molecule has 2 aromatic carbocycles. The summed E-state index contributed by atoms with van der Waals surface area (Å²) in [7, 11) is 0. The number of carbonyl (C=O) groups is 1. The Morgan fingerprint density at radius 3 is 2.38 bits per heavy atom. The van der Waals surface area contributed by atoms with E-state index < -0.39 is 0 Å².